The van der Waals surface area contributed by atoms with Crippen molar-refractivity contribution in [3.8, 4) is 5.75 Å². The monoisotopic (exact) mass is 210 g/mol. The maximum atomic E-state index is 13.1. The molecule has 0 saturated carbocycles. The molecule has 0 bridgehead atoms. The average Bonchev–Trinajstić information content (AvgIpc) is 2.25. The number of pyridine rings is 1. The van der Waals surface area contributed by atoms with E-state index in [0.717, 1.165) is 0 Å². The van der Waals surface area contributed by atoms with Crippen LogP contribution in [0.1, 0.15) is 5.56 Å². The molecule has 0 aliphatic rings. The number of halogens is 1. The van der Waals surface area contributed by atoms with Gasteiger partial charge in [-0.3, -0.25) is 5.41 Å². The van der Waals surface area contributed by atoms with Gasteiger partial charge in [0.15, 0.2) is 5.75 Å². The van der Waals surface area contributed by atoms with Crippen molar-refractivity contribution in [3.63, 3.8) is 0 Å². The molecule has 0 atom stereocenters. The number of hydrogen-bond acceptors (Lipinski definition) is 5. The largest absolute Gasteiger partial charge is 0.491 e. The molecule has 5 nitrogen and oxygen atoms in total. The van der Waals surface area contributed by atoms with Gasteiger partial charge >= 0.3 is 0 Å². The molecule has 0 radical (unpaired) electrons. The van der Waals surface area contributed by atoms with Gasteiger partial charge in [0.1, 0.15) is 0 Å². The molecule has 1 rings (SSSR count). The van der Waals surface area contributed by atoms with Crippen molar-refractivity contribution in [3.05, 3.63) is 23.8 Å². The summed E-state index contributed by atoms with van der Waals surface area (Å²) in [6.45, 7) is 0. The molecule has 0 spiro atoms. The Kier molecular flexibility index (Phi) is 3.73. The molecule has 0 amide bonds. The maximum Gasteiger partial charge on any atom is 0.255 e. The van der Waals surface area contributed by atoms with Crippen molar-refractivity contribution < 1.29 is 9.13 Å². The first-order valence-corrected chi connectivity index (χ1v) is 4.18. The van der Waals surface area contributed by atoms with Gasteiger partial charge in [0.2, 0.25) is 0 Å². The Morgan fingerprint density at radius 2 is 2.47 bits per heavy atom. The van der Waals surface area contributed by atoms with Crippen molar-refractivity contribution in [2.45, 2.75) is 0 Å². The van der Waals surface area contributed by atoms with Crippen molar-refractivity contribution in [1.29, 1.82) is 5.41 Å². The van der Waals surface area contributed by atoms with Crippen LogP contribution >= 0.6 is 0 Å². The van der Waals surface area contributed by atoms with Gasteiger partial charge in [-0.15, -0.1) is 0 Å². The lowest BCUT2D eigenvalue weighted by molar-refractivity contribution is 0.377. The van der Waals surface area contributed by atoms with Crippen LogP contribution in [-0.2, 0) is 0 Å². The Labute approximate surface area is 86.5 Å². The summed E-state index contributed by atoms with van der Waals surface area (Å²) in [5.74, 6) is -0.789. The highest BCUT2D eigenvalue weighted by Gasteiger charge is 2.12. The second kappa shape index (κ2) is 5.04. The fourth-order valence-corrected chi connectivity index (χ4v) is 1.03. The molecule has 6 heteroatoms. The van der Waals surface area contributed by atoms with E-state index >= 15 is 0 Å². The first kappa shape index (κ1) is 11.1. The zero-order chi connectivity index (χ0) is 11.3. The maximum absolute atomic E-state index is 13.1. The van der Waals surface area contributed by atoms with Gasteiger partial charge in [-0.05, 0) is 6.07 Å². The summed E-state index contributed by atoms with van der Waals surface area (Å²) in [5.41, 5.74) is 2.85. The Bertz CT molecular complexity index is 392. The van der Waals surface area contributed by atoms with Crippen molar-refractivity contribution in [1.82, 2.24) is 10.4 Å². The van der Waals surface area contributed by atoms with E-state index in [1.165, 1.54) is 25.6 Å². The standard InChI is InChI=1S/C9H11FN4O/c1-12-14-5-7(11)6-3-4-13-9(10)8(6)15-2/h3-5,11-12H,1-2H3/b11-7?,14-5-. The number of ether oxygens (including phenoxy) is 1. The Hall–Kier alpha value is -1.98. The zero-order valence-electron chi connectivity index (χ0n) is 8.41. The molecule has 0 aromatic carbocycles. The fraction of sp³-hybridized carbons (Fsp3) is 0.222. The molecule has 15 heavy (non-hydrogen) atoms. The molecule has 0 saturated heterocycles. The van der Waals surface area contributed by atoms with Gasteiger partial charge in [0, 0.05) is 18.8 Å². The number of nitrogens with zero attached hydrogens (tertiary/aromatic N) is 2. The van der Waals surface area contributed by atoms with Gasteiger partial charge in [0.05, 0.1) is 19.0 Å². The summed E-state index contributed by atoms with van der Waals surface area (Å²) in [6.07, 6.45) is 2.53. The summed E-state index contributed by atoms with van der Waals surface area (Å²) in [6, 6.07) is 1.49. The van der Waals surface area contributed by atoms with Gasteiger partial charge in [-0.25, -0.2) is 4.98 Å². The number of aromatic nitrogens is 1. The highest BCUT2D eigenvalue weighted by Crippen LogP contribution is 2.19. The fourth-order valence-electron chi connectivity index (χ4n) is 1.03. The predicted octanol–water partition coefficient (Wildman–Crippen LogP) is 0.802. The lowest BCUT2D eigenvalue weighted by Crippen LogP contribution is -2.08. The number of hydrazone groups is 1. The molecule has 1 aromatic heterocycles. The van der Waals surface area contributed by atoms with Crippen LogP contribution in [0.15, 0.2) is 17.4 Å². The van der Waals surface area contributed by atoms with E-state index in [2.05, 4.69) is 15.5 Å². The molecule has 0 fully saturated rings. The van der Waals surface area contributed by atoms with Crippen LogP contribution in [-0.4, -0.2) is 31.1 Å². The first-order valence-electron chi connectivity index (χ1n) is 4.18. The van der Waals surface area contributed by atoms with Crippen LogP contribution in [0, 0.1) is 11.4 Å². The second-order valence-corrected chi connectivity index (χ2v) is 2.58. The van der Waals surface area contributed by atoms with E-state index < -0.39 is 5.95 Å². The summed E-state index contributed by atoms with van der Waals surface area (Å²) < 4.78 is 18.0. The summed E-state index contributed by atoms with van der Waals surface area (Å²) in [5, 5.41) is 11.3. The third-order valence-corrected chi connectivity index (χ3v) is 1.68. The first-order chi connectivity index (χ1) is 7.20. The van der Waals surface area contributed by atoms with Crippen LogP contribution < -0.4 is 10.2 Å². The molecular weight excluding hydrogens is 199 g/mol. The zero-order valence-corrected chi connectivity index (χ0v) is 8.41. The highest BCUT2D eigenvalue weighted by molar-refractivity contribution is 6.37. The number of rotatable bonds is 4. The lowest BCUT2D eigenvalue weighted by atomic mass is 10.1. The molecule has 0 aliphatic carbocycles. The molecule has 80 valence electrons. The third-order valence-electron chi connectivity index (χ3n) is 1.68. The second-order valence-electron chi connectivity index (χ2n) is 2.58. The van der Waals surface area contributed by atoms with Gasteiger partial charge < -0.3 is 10.2 Å². The minimum atomic E-state index is -0.738. The van der Waals surface area contributed by atoms with Crippen LogP contribution in [0.3, 0.4) is 0 Å². The molecule has 1 aromatic rings. The number of methoxy groups -OCH3 is 1. The van der Waals surface area contributed by atoms with Gasteiger partial charge in [-0.2, -0.15) is 9.49 Å². The van der Waals surface area contributed by atoms with E-state index in [-0.39, 0.29) is 11.5 Å². The molecule has 0 aliphatic heterocycles. The van der Waals surface area contributed by atoms with E-state index in [0.29, 0.717) is 5.56 Å². The van der Waals surface area contributed by atoms with Crippen molar-refractivity contribution in [2.24, 2.45) is 5.10 Å². The normalized spacial score (nSPS) is 10.3. The predicted molar refractivity (Wildman–Crippen MR) is 55.1 cm³/mol. The molecule has 2 N–H and O–H groups in total. The lowest BCUT2D eigenvalue weighted by Gasteiger charge is -2.06. The van der Waals surface area contributed by atoms with E-state index in [4.69, 9.17) is 10.1 Å². The summed E-state index contributed by atoms with van der Waals surface area (Å²) in [4.78, 5) is 3.42. The van der Waals surface area contributed by atoms with Gasteiger partial charge in [-0.1, -0.05) is 0 Å². The third kappa shape index (κ3) is 2.49. The number of hydrogen-bond donors (Lipinski definition) is 2. The Morgan fingerprint density at radius 3 is 3.07 bits per heavy atom. The Morgan fingerprint density at radius 1 is 1.73 bits per heavy atom. The van der Waals surface area contributed by atoms with E-state index in [1.807, 2.05) is 0 Å². The quantitative estimate of drug-likeness (QED) is 0.438. The minimum Gasteiger partial charge on any atom is -0.491 e. The molecule has 0 unspecified atom stereocenters. The average molecular weight is 210 g/mol. The van der Waals surface area contributed by atoms with Crippen LogP contribution in [0.5, 0.6) is 5.75 Å². The van der Waals surface area contributed by atoms with Crippen LogP contribution in [0.2, 0.25) is 0 Å². The van der Waals surface area contributed by atoms with Gasteiger partial charge in [0.25, 0.3) is 5.95 Å². The summed E-state index contributed by atoms with van der Waals surface area (Å²) >= 11 is 0. The van der Waals surface area contributed by atoms with Crippen LogP contribution in [0.4, 0.5) is 4.39 Å². The smallest absolute Gasteiger partial charge is 0.255 e. The van der Waals surface area contributed by atoms with Crippen LogP contribution in [0.25, 0.3) is 0 Å². The Balaban J connectivity index is 3.08. The molecular formula is C9H11FN4O. The SMILES string of the molecule is CN/N=C\C(=N)c1ccnc(F)c1OC. The number of nitrogens with one attached hydrogen (secondary N) is 2. The van der Waals surface area contributed by atoms with E-state index in [1.54, 1.807) is 7.05 Å². The minimum absolute atomic E-state index is 0.0440. The molecule has 1 heterocycles. The van der Waals surface area contributed by atoms with Crippen molar-refractivity contribution >= 4 is 11.9 Å². The summed E-state index contributed by atoms with van der Waals surface area (Å²) in [7, 11) is 2.93. The van der Waals surface area contributed by atoms with E-state index in [9.17, 15) is 4.39 Å². The van der Waals surface area contributed by atoms with Crippen molar-refractivity contribution in [2.75, 3.05) is 14.2 Å². The topological polar surface area (TPSA) is 70.4 Å². The highest BCUT2D eigenvalue weighted by atomic mass is 19.1.